The molecule has 16 atom stereocenters. The van der Waals surface area contributed by atoms with Gasteiger partial charge in [0.25, 0.3) is 0 Å². The number of fused-ring (bicyclic) bond motifs is 3. The summed E-state index contributed by atoms with van der Waals surface area (Å²) in [6.07, 6.45) is -11.6. The summed E-state index contributed by atoms with van der Waals surface area (Å²) in [5.41, 5.74) is -4.31. The van der Waals surface area contributed by atoms with E-state index in [9.17, 15) is 39.9 Å². The summed E-state index contributed by atoms with van der Waals surface area (Å²) in [5.74, 6) is -5.11. The molecule has 0 bridgehead atoms. The van der Waals surface area contributed by atoms with Gasteiger partial charge in [-0.3, -0.25) is 19.2 Å². The molecule has 2 saturated heterocycles. The molecule has 1 aromatic carbocycles. The molecule has 0 spiro atoms. The summed E-state index contributed by atoms with van der Waals surface area (Å²) in [6.45, 7) is 6.75. The topological polar surface area (TPSA) is 234 Å². The molecule has 53 heavy (non-hydrogen) atoms. The molecule has 7 rings (SSSR count). The van der Waals surface area contributed by atoms with Crippen LogP contribution in [0.5, 0.6) is 11.5 Å². The average molecular weight is 749 g/mol. The van der Waals surface area contributed by atoms with Gasteiger partial charge in [-0.25, -0.2) is 0 Å². The number of aliphatic hydroxyl groups is 5. The van der Waals surface area contributed by atoms with E-state index in [0.717, 1.165) is 6.92 Å². The Kier molecular flexibility index (Phi) is 9.71. The van der Waals surface area contributed by atoms with E-state index in [-0.39, 0.29) is 37.4 Å². The molecule has 1 aromatic rings. The van der Waals surface area contributed by atoms with Gasteiger partial charge in [-0.2, -0.15) is 0 Å². The Morgan fingerprint density at radius 1 is 0.906 bits per heavy atom. The number of carbonyl (C=O) groups is 4. The van der Waals surface area contributed by atoms with Crippen molar-refractivity contribution in [2.45, 2.75) is 121 Å². The highest BCUT2D eigenvalue weighted by atomic mass is 16.8. The zero-order valence-electron chi connectivity index (χ0n) is 30.2. The smallest absolute Gasteiger partial charge is 0.303 e. The van der Waals surface area contributed by atoms with Crippen molar-refractivity contribution in [1.82, 2.24) is 0 Å². The van der Waals surface area contributed by atoms with Crippen LogP contribution >= 0.6 is 0 Å². The molecule has 292 valence electrons. The minimum Gasteiger partial charge on any atom is -0.459 e. The molecule has 5 fully saturated rings. The first-order chi connectivity index (χ1) is 24.9. The lowest BCUT2D eigenvalue weighted by Gasteiger charge is -2.71. The van der Waals surface area contributed by atoms with Crippen LogP contribution in [0.2, 0.25) is 0 Å². The number of ketones is 2. The minimum atomic E-state index is -1.96. The zero-order valence-corrected chi connectivity index (χ0v) is 30.2. The van der Waals surface area contributed by atoms with Gasteiger partial charge in [0.05, 0.1) is 18.6 Å². The SMILES string of the molecule is CC(=O)O[C@H]1CC[C@@H]2C[C@H]3O[C@@H](O[C@@H]4O[C@H](CO)[C@@H](O)[C@H](O)[C@H]4O)C[C@H]4[C@](C)(O)[C@H](OC(C)=O)[C@@H](C(=O)c5ccc6c(c5)OCO6)[C@H]([C@@]2(C)C1=O)[C@@]34C. The fourth-order valence-electron chi connectivity index (χ4n) is 10.8. The summed E-state index contributed by atoms with van der Waals surface area (Å²) in [7, 11) is 0. The van der Waals surface area contributed by atoms with E-state index in [2.05, 4.69) is 0 Å². The van der Waals surface area contributed by atoms with Crippen molar-refractivity contribution in [3.05, 3.63) is 23.8 Å². The fourth-order valence-corrected chi connectivity index (χ4v) is 10.8. The fraction of sp³-hybridized carbons (Fsp3) is 0.730. The maximum absolute atomic E-state index is 15.1. The molecule has 3 saturated carbocycles. The number of ether oxygens (including phenoxy) is 7. The molecule has 16 nitrogen and oxygen atoms in total. The van der Waals surface area contributed by atoms with Crippen LogP contribution in [-0.4, -0.2) is 123 Å². The normalized spacial score (nSPS) is 45.8. The van der Waals surface area contributed by atoms with E-state index >= 15 is 4.79 Å². The molecule has 3 heterocycles. The first-order valence-corrected chi connectivity index (χ1v) is 18.1. The third-order valence-electron chi connectivity index (χ3n) is 13.1. The van der Waals surface area contributed by atoms with Gasteiger partial charge < -0.3 is 58.7 Å². The number of carbonyl (C=O) groups excluding carboxylic acids is 4. The second kappa shape index (κ2) is 13.5. The highest BCUT2D eigenvalue weighted by molar-refractivity contribution is 6.01. The first kappa shape index (κ1) is 38.1. The number of rotatable bonds is 7. The van der Waals surface area contributed by atoms with Crippen molar-refractivity contribution in [2.75, 3.05) is 13.4 Å². The van der Waals surface area contributed by atoms with Crippen molar-refractivity contribution in [3.8, 4) is 11.5 Å². The highest BCUT2D eigenvalue weighted by Crippen LogP contribution is 2.71. The Labute approximate surface area is 305 Å². The molecule has 0 aromatic heterocycles. The summed E-state index contributed by atoms with van der Waals surface area (Å²) in [6, 6.07) is 4.66. The van der Waals surface area contributed by atoms with Crippen LogP contribution in [0.15, 0.2) is 18.2 Å². The number of Topliss-reactive ketones (excluding diaryl/α,β-unsaturated/α-hetero) is 2. The van der Waals surface area contributed by atoms with E-state index in [1.54, 1.807) is 19.1 Å². The summed E-state index contributed by atoms with van der Waals surface area (Å²) < 4.78 is 40.9. The van der Waals surface area contributed by atoms with Crippen LogP contribution < -0.4 is 9.47 Å². The predicted molar refractivity (Wildman–Crippen MR) is 176 cm³/mol. The molecule has 6 aliphatic rings. The zero-order chi connectivity index (χ0) is 38.4. The van der Waals surface area contributed by atoms with Crippen molar-refractivity contribution in [3.63, 3.8) is 0 Å². The van der Waals surface area contributed by atoms with Crippen molar-refractivity contribution >= 4 is 23.5 Å². The van der Waals surface area contributed by atoms with E-state index in [0.29, 0.717) is 17.9 Å². The van der Waals surface area contributed by atoms with Crippen LogP contribution in [0, 0.1) is 34.5 Å². The highest BCUT2D eigenvalue weighted by Gasteiger charge is 2.77. The lowest BCUT2D eigenvalue weighted by molar-refractivity contribution is -0.386. The molecular formula is C37H48O16. The number of benzene rings is 1. The molecule has 16 heteroatoms. The Hall–Kier alpha value is -3.22. The molecule has 0 radical (unpaired) electrons. The van der Waals surface area contributed by atoms with Gasteiger partial charge in [0, 0.05) is 42.6 Å². The summed E-state index contributed by atoms with van der Waals surface area (Å²) in [4.78, 5) is 55.0. The summed E-state index contributed by atoms with van der Waals surface area (Å²) in [5, 5.41) is 54.1. The lowest BCUT2D eigenvalue weighted by Crippen LogP contribution is -2.78. The van der Waals surface area contributed by atoms with E-state index < -0.39 is 120 Å². The van der Waals surface area contributed by atoms with E-state index in [1.165, 1.54) is 19.9 Å². The number of aliphatic hydroxyl groups excluding tert-OH is 4. The van der Waals surface area contributed by atoms with Crippen LogP contribution in [0.3, 0.4) is 0 Å². The Balaban J connectivity index is 1.35. The number of hydrogen-bond acceptors (Lipinski definition) is 16. The predicted octanol–water partition coefficient (Wildman–Crippen LogP) is 0.402. The minimum absolute atomic E-state index is 0.0409. The molecular weight excluding hydrogens is 700 g/mol. The lowest BCUT2D eigenvalue weighted by atomic mass is 9.36. The Morgan fingerprint density at radius 2 is 1.60 bits per heavy atom. The summed E-state index contributed by atoms with van der Waals surface area (Å²) >= 11 is 0. The molecule has 0 amide bonds. The van der Waals surface area contributed by atoms with Gasteiger partial charge in [-0.05, 0) is 56.2 Å². The van der Waals surface area contributed by atoms with Crippen LogP contribution in [0.4, 0.5) is 0 Å². The average Bonchev–Trinajstić information content (AvgIpc) is 3.57. The van der Waals surface area contributed by atoms with Gasteiger partial charge in [-0.15, -0.1) is 0 Å². The number of esters is 2. The molecule has 0 unspecified atom stereocenters. The van der Waals surface area contributed by atoms with Gasteiger partial charge >= 0.3 is 11.9 Å². The van der Waals surface area contributed by atoms with E-state index in [4.69, 9.17) is 33.2 Å². The first-order valence-electron chi connectivity index (χ1n) is 18.1. The van der Waals surface area contributed by atoms with Crippen LogP contribution in [-0.2, 0) is 38.1 Å². The van der Waals surface area contributed by atoms with Crippen molar-refractivity contribution in [2.24, 2.45) is 34.5 Å². The molecule has 3 aliphatic carbocycles. The number of hydrogen-bond donors (Lipinski definition) is 5. The Morgan fingerprint density at radius 3 is 2.28 bits per heavy atom. The standard InChI is InChI=1S/C37H48O16/c1-15(39)49-20-9-7-18-11-24-36(4)23(12-25(52-24)53-34-30(44)29(43)28(42)22(13-38)51-34)37(5,46)33(50-16(2)40)26(31(36)35(18,3)32(20)45)27(41)17-6-8-19-21(10-17)48-14-47-19/h6,8,10,18,20,22-26,28-31,33-34,38,42-44,46H,7,9,11-14H2,1-5H3/t18-,20+,22-,23-,24-,25+,26+,28-,29+,30-,31-,33-,34+,35+,36-,37+/m1/s1. The molecule has 3 aliphatic heterocycles. The van der Waals surface area contributed by atoms with Gasteiger partial charge in [0.15, 0.2) is 41.7 Å². The molecule has 5 N–H and O–H groups in total. The maximum Gasteiger partial charge on any atom is 0.303 e. The second-order valence-corrected chi connectivity index (χ2v) is 16.0. The van der Waals surface area contributed by atoms with Crippen LogP contribution in [0.1, 0.15) is 70.7 Å². The quantitative estimate of drug-likeness (QED) is 0.188. The van der Waals surface area contributed by atoms with Crippen LogP contribution in [0.25, 0.3) is 0 Å². The maximum atomic E-state index is 15.1. The van der Waals surface area contributed by atoms with Crippen molar-refractivity contribution in [1.29, 1.82) is 0 Å². The Bertz CT molecular complexity index is 1640. The second-order valence-electron chi connectivity index (χ2n) is 16.0. The van der Waals surface area contributed by atoms with Crippen molar-refractivity contribution < 1.29 is 77.9 Å². The van der Waals surface area contributed by atoms with E-state index in [1.807, 2.05) is 6.92 Å². The largest absolute Gasteiger partial charge is 0.459 e. The van der Waals surface area contributed by atoms with Gasteiger partial charge in [0.2, 0.25) is 6.79 Å². The third kappa shape index (κ3) is 5.88. The van der Waals surface area contributed by atoms with Gasteiger partial charge in [-0.1, -0.05) is 13.8 Å². The van der Waals surface area contributed by atoms with Gasteiger partial charge in [0.1, 0.15) is 36.1 Å². The monoisotopic (exact) mass is 748 g/mol. The third-order valence-corrected chi connectivity index (χ3v) is 13.1.